The SMILES string of the molecule is Cc1nn(Cc2ccccc2F)c(C)c1NS(=O)(=O)c1c(C)c(C)c(C)c(C)c1C. The van der Waals surface area contributed by atoms with Crippen molar-refractivity contribution in [1.29, 1.82) is 0 Å². The second kappa shape index (κ2) is 7.87. The third kappa shape index (κ3) is 3.74. The Bertz CT molecular complexity index is 1210. The molecule has 7 heteroatoms. The Morgan fingerprint density at radius 2 is 1.43 bits per heavy atom. The maximum atomic E-state index is 14.1. The highest BCUT2D eigenvalue weighted by molar-refractivity contribution is 7.92. The van der Waals surface area contributed by atoms with Crippen molar-refractivity contribution < 1.29 is 12.8 Å². The number of hydrogen-bond donors (Lipinski definition) is 1. The van der Waals surface area contributed by atoms with Crippen LogP contribution in [-0.4, -0.2) is 18.2 Å². The summed E-state index contributed by atoms with van der Waals surface area (Å²) >= 11 is 0. The summed E-state index contributed by atoms with van der Waals surface area (Å²) in [5.41, 5.74) is 6.65. The normalized spacial score (nSPS) is 11.7. The largest absolute Gasteiger partial charge is 0.276 e. The molecule has 160 valence electrons. The summed E-state index contributed by atoms with van der Waals surface area (Å²) in [6.45, 7) is 13.3. The van der Waals surface area contributed by atoms with Gasteiger partial charge in [0.05, 0.1) is 28.5 Å². The Kier molecular flexibility index (Phi) is 5.78. The predicted molar refractivity (Wildman–Crippen MR) is 118 cm³/mol. The molecule has 5 nitrogen and oxygen atoms in total. The van der Waals surface area contributed by atoms with Crippen molar-refractivity contribution in [2.45, 2.75) is 59.9 Å². The van der Waals surface area contributed by atoms with Gasteiger partial charge in [-0.2, -0.15) is 5.10 Å². The maximum absolute atomic E-state index is 14.1. The zero-order valence-electron chi connectivity index (χ0n) is 18.5. The highest BCUT2D eigenvalue weighted by atomic mass is 32.2. The van der Waals surface area contributed by atoms with Crippen molar-refractivity contribution in [3.63, 3.8) is 0 Å². The Morgan fingerprint density at radius 1 is 0.900 bits per heavy atom. The van der Waals surface area contributed by atoms with Crippen molar-refractivity contribution in [3.8, 4) is 0 Å². The number of hydrogen-bond acceptors (Lipinski definition) is 3. The van der Waals surface area contributed by atoms with Crippen LogP contribution in [0.15, 0.2) is 29.2 Å². The molecule has 0 saturated carbocycles. The molecule has 30 heavy (non-hydrogen) atoms. The van der Waals surface area contributed by atoms with E-state index in [1.165, 1.54) is 6.07 Å². The molecule has 0 bridgehead atoms. The molecular formula is C23H28FN3O2S. The molecule has 0 saturated heterocycles. The van der Waals surface area contributed by atoms with Crippen molar-refractivity contribution in [2.24, 2.45) is 0 Å². The first-order valence-electron chi connectivity index (χ1n) is 9.82. The van der Waals surface area contributed by atoms with E-state index in [4.69, 9.17) is 0 Å². The molecule has 0 aliphatic heterocycles. The molecule has 0 atom stereocenters. The number of anilines is 1. The van der Waals surface area contributed by atoms with Gasteiger partial charge in [0.1, 0.15) is 5.82 Å². The fraction of sp³-hybridized carbons (Fsp3) is 0.348. The lowest BCUT2D eigenvalue weighted by Gasteiger charge is -2.19. The number of sulfonamides is 1. The van der Waals surface area contributed by atoms with Crippen LogP contribution in [0.4, 0.5) is 10.1 Å². The maximum Gasteiger partial charge on any atom is 0.262 e. The lowest BCUT2D eigenvalue weighted by Crippen LogP contribution is -2.18. The van der Waals surface area contributed by atoms with Crippen molar-refractivity contribution >= 4 is 15.7 Å². The van der Waals surface area contributed by atoms with E-state index in [0.717, 1.165) is 27.8 Å². The highest BCUT2D eigenvalue weighted by Crippen LogP contribution is 2.32. The van der Waals surface area contributed by atoms with Crippen molar-refractivity contribution in [1.82, 2.24) is 9.78 Å². The summed E-state index contributed by atoms with van der Waals surface area (Å²) in [4.78, 5) is 0.309. The minimum absolute atomic E-state index is 0.224. The highest BCUT2D eigenvalue weighted by Gasteiger charge is 2.26. The first-order valence-corrected chi connectivity index (χ1v) is 11.3. The summed E-state index contributed by atoms with van der Waals surface area (Å²) < 4.78 is 45.2. The molecule has 0 radical (unpaired) electrons. The molecule has 0 fully saturated rings. The van der Waals surface area contributed by atoms with E-state index in [1.54, 1.807) is 36.7 Å². The number of aryl methyl sites for hydroxylation is 1. The average Bonchev–Trinajstić information content (AvgIpc) is 2.93. The van der Waals surface area contributed by atoms with E-state index in [9.17, 15) is 12.8 Å². The number of nitrogens with one attached hydrogen (secondary N) is 1. The van der Waals surface area contributed by atoms with Crippen LogP contribution in [-0.2, 0) is 16.6 Å². The lowest BCUT2D eigenvalue weighted by atomic mass is 9.95. The molecular weight excluding hydrogens is 401 g/mol. The number of aromatic nitrogens is 2. The van der Waals surface area contributed by atoms with Crippen LogP contribution in [0, 0.1) is 54.3 Å². The molecule has 1 N–H and O–H groups in total. The van der Waals surface area contributed by atoms with Crippen LogP contribution in [0.1, 0.15) is 44.8 Å². The van der Waals surface area contributed by atoms with Crippen molar-refractivity contribution in [2.75, 3.05) is 4.72 Å². The van der Waals surface area contributed by atoms with Gasteiger partial charge in [0.2, 0.25) is 0 Å². The predicted octanol–water partition coefficient (Wildman–Crippen LogP) is 5.03. The summed E-state index contributed by atoms with van der Waals surface area (Å²) in [7, 11) is -3.83. The van der Waals surface area contributed by atoms with Crippen LogP contribution in [0.2, 0.25) is 0 Å². The molecule has 1 heterocycles. The summed E-state index contributed by atoms with van der Waals surface area (Å²) in [5.74, 6) is -0.316. The summed E-state index contributed by atoms with van der Waals surface area (Å²) in [6.07, 6.45) is 0. The molecule has 0 amide bonds. The van der Waals surface area contributed by atoms with Crippen LogP contribution >= 0.6 is 0 Å². The summed E-state index contributed by atoms with van der Waals surface area (Å²) in [5, 5.41) is 4.44. The van der Waals surface area contributed by atoms with Gasteiger partial charge in [0.15, 0.2) is 0 Å². The van der Waals surface area contributed by atoms with Gasteiger partial charge in [0.25, 0.3) is 10.0 Å². The zero-order chi connectivity index (χ0) is 22.4. The van der Waals surface area contributed by atoms with E-state index < -0.39 is 10.0 Å². The van der Waals surface area contributed by atoms with E-state index in [1.807, 2.05) is 34.6 Å². The summed E-state index contributed by atoms with van der Waals surface area (Å²) in [6, 6.07) is 6.50. The Morgan fingerprint density at radius 3 is 2.00 bits per heavy atom. The number of rotatable bonds is 5. The Hall–Kier alpha value is -2.67. The van der Waals surface area contributed by atoms with Gasteiger partial charge in [-0.25, -0.2) is 12.8 Å². The van der Waals surface area contributed by atoms with E-state index in [-0.39, 0.29) is 12.4 Å². The lowest BCUT2D eigenvalue weighted by molar-refractivity contribution is 0.579. The molecule has 0 spiro atoms. The third-order valence-electron chi connectivity index (χ3n) is 6.10. The molecule has 3 rings (SSSR count). The number of halogens is 1. The molecule has 0 unspecified atom stereocenters. The minimum atomic E-state index is -3.83. The third-order valence-corrected chi connectivity index (χ3v) is 7.72. The Labute approximate surface area is 178 Å². The van der Waals surface area contributed by atoms with Crippen LogP contribution in [0.3, 0.4) is 0 Å². The van der Waals surface area contributed by atoms with Crippen molar-refractivity contribution in [3.05, 3.63) is 74.9 Å². The quantitative estimate of drug-likeness (QED) is 0.619. The van der Waals surface area contributed by atoms with Crippen LogP contribution in [0.5, 0.6) is 0 Å². The van der Waals surface area contributed by atoms with Crippen LogP contribution in [0.25, 0.3) is 0 Å². The van der Waals surface area contributed by atoms with E-state index in [0.29, 0.717) is 27.5 Å². The molecule has 0 aliphatic carbocycles. The molecule has 2 aromatic carbocycles. The number of nitrogens with zero attached hydrogens (tertiary/aromatic N) is 2. The van der Waals surface area contributed by atoms with Gasteiger partial charge in [-0.05, 0) is 82.3 Å². The van der Waals surface area contributed by atoms with Gasteiger partial charge < -0.3 is 0 Å². The topological polar surface area (TPSA) is 64.0 Å². The second-order valence-electron chi connectivity index (χ2n) is 7.85. The van der Waals surface area contributed by atoms with Crippen LogP contribution < -0.4 is 4.72 Å². The molecule has 1 aromatic heterocycles. The van der Waals surface area contributed by atoms with Gasteiger partial charge >= 0.3 is 0 Å². The van der Waals surface area contributed by atoms with Gasteiger partial charge in [0, 0.05) is 5.56 Å². The van der Waals surface area contributed by atoms with E-state index in [2.05, 4.69) is 9.82 Å². The molecule has 0 aliphatic rings. The minimum Gasteiger partial charge on any atom is -0.276 e. The number of benzene rings is 2. The van der Waals surface area contributed by atoms with Gasteiger partial charge in [-0.15, -0.1) is 0 Å². The average molecular weight is 430 g/mol. The smallest absolute Gasteiger partial charge is 0.262 e. The standard InChI is InChI=1S/C23H28FN3O2S/c1-13-14(2)16(4)23(17(5)15(13)3)30(28,29)26-22-18(6)25-27(19(22)7)12-20-10-8-9-11-21(20)24/h8-11,26H,12H2,1-7H3. The van der Waals surface area contributed by atoms with E-state index >= 15 is 0 Å². The van der Waals surface area contributed by atoms with Gasteiger partial charge in [-0.1, -0.05) is 18.2 Å². The molecule has 3 aromatic rings. The first-order chi connectivity index (χ1) is 14.0. The first kappa shape index (κ1) is 22.0. The monoisotopic (exact) mass is 429 g/mol. The Balaban J connectivity index is 2.04. The zero-order valence-corrected chi connectivity index (χ0v) is 19.3. The fourth-order valence-electron chi connectivity index (χ4n) is 3.84. The van der Waals surface area contributed by atoms with Gasteiger partial charge in [-0.3, -0.25) is 9.40 Å². The fourth-order valence-corrected chi connectivity index (χ4v) is 5.62. The second-order valence-corrected chi connectivity index (χ2v) is 9.47.